The Hall–Kier alpha value is -2.67. The first kappa shape index (κ1) is 28.3. The van der Waals surface area contributed by atoms with Crippen molar-refractivity contribution in [3.63, 3.8) is 0 Å². The van der Waals surface area contributed by atoms with Crippen LogP contribution in [-0.4, -0.2) is 89.3 Å². The number of aliphatic hydroxyl groups excluding tert-OH is 1. The molecule has 0 spiro atoms. The first-order valence-corrected chi connectivity index (χ1v) is 13.2. The van der Waals surface area contributed by atoms with Gasteiger partial charge in [-0.25, -0.2) is 0 Å². The van der Waals surface area contributed by atoms with E-state index in [9.17, 15) is 14.7 Å². The van der Waals surface area contributed by atoms with E-state index in [0.717, 1.165) is 22.2 Å². The monoisotopic (exact) mass is 566 g/mol. The molecule has 0 radical (unpaired) electrons. The Morgan fingerprint density at radius 3 is 2.76 bits per heavy atom. The van der Waals surface area contributed by atoms with Gasteiger partial charge in [0, 0.05) is 67.4 Å². The maximum absolute atomic E-state index is 12.1. The van der Waals surface area contributed by atoms with Crippen molar-refractivity contribution in [1.29, 1.82) is 0 Å². The smallest absolute Gasteiger partial charge is 0.248 e. The summed E-state index contributed by atoms with van der Waals surface area (Å²) in [6.07, 6.45) is 2.71. The predicted molar refractivity (Wildman–Crippen MR) is 144 cm³/mol. The van der Waals surface area contributed by atoms with Gasteiger partial charge in [-0.05, 0) is 12.1 Å². The van der Waals surface area contributed by atoms with Gasteiger partial charge in [-0.15, -0.1) is 0 Å². The van der Waals surface area contributed by atoms with Crippen molar-refractivity contribution in [2.75, 3.05) is 52.7 Å². The second kappa shape index (κ2) is 13.4. The summed E-state index contributed by atoms with van der Waals surface area (Å²) in [7, 11) is 0. The van der Waals surface area contributed by atoms with Gasteiger partial charge in [0.25, 0.3) is 0 Å². The Kier molecular flexibility index (Phi) is 10.0. The summed E-state index contributed by atoms with van der Waals surface area (Å²) in [5.41, 5.74) is 9.46. The number of nitrogens with one attached hydrogen (secondary N) is 2. The van der Waals surface area contributed by atoms with Crippen LogP contribution in [0.1, 0.15) is 17.7 Å². The number of benzene rings is 1. The van der Waals surface area contributed by atoms with E-state index in [1.54, 1.807) is 15.6 Å². The third kappa shape index (κ3) is 6.66. The minimum Gasteiger partial charge on any atom is -0.387 e. The number of rotatable bonds is 13. The molecule has 1 aromatic carbocycles. The van der Waals surface area contributed by atoms with Crippen LogP contribution in [0.5, 0.6) is 0 Å². The molecule has 0 unspecified atom stereocenters. The van der Waals surface area contributed by atoms with Crippen LogP contribution < -0.4 is 11.1 Å². The molecule has 0 aliphatic carbocycles. The molecule has 13 heteroatoms. The molecule has 4 rings (SSSR count). The molecule has 38 heavy (non-hydrogen) atoms. The summed E-state index contributed by atoms with van der Waals surface area (Å²) in [5, 5.41) is 18.5. The molecule has 1 aliphatic heterocycles. The third-order valence-electron chi connectivity index (χ3n) is 6.32. The van der Waals surface area contributed by atoms with Gasteiger partial charge in [0.2, 0.25) is 11.8 Å². The van der Waals surface area contributed by atoms with E-state index >= 15 is 0 Å². The lowest BCUT2D eigenvalue weighted by molar-refractivity contribution is -0.135. The molecule has 2 aromatic heterocycles. The standard InChI is InChI=1S/C25H32Cl2N6O5/c26-18-13-16(23-17-14-32(22(36)15-34)6-1-19(17)30-25(23)24(18)27)20-2-7-33(31-20)8-5-29-21(35)3-9-37-11-12-38-10-4-28/h2,7,13,30,34H,1,3-6,8-12,14-15,28H2,(H,29,35). The number of nitrogens with zero attached hydrogens (tertiary/aromatic N) is 3. The second-order valence-electron chi connectivity index (χ2n) is 8.85. The fourth-order valence-electron chi connectivity index (χ4n) is 4.45. The maximum atomic E-state index is 12.1. The Bertz CT molecular complexity index is 1280. The number of carbonyl (C=O) groups is 2. The number of carbonyl (C=O) groups excluding carboxylic acids is 2. The van der Waals surface area contributed by atoms with Crippen molar-refractivity contribution >= 4 is 45.9 Å². The summed E-state index contributed by atoms with van der Waals surface area (Å²) >= 11 is 13.0. The molecule has 206 valence electrons. The van der Waals surface area contributed by atoms with Gasteiger partial charge < -0.3 is 35.5 Å². The molecule has 11 nitrogen and oxygen atoms in total. The normalized spacial score (nSPS) is 13.2. The largest absolute Gasteiger partial charge is 0.387 e. The second-order valence-corrected chi connectivity index (χ2v) is 9.64. The number of hydrogen-bond donors (Lipinski definition) is 4. The zero-order valence-corrected chi connectivity index (χ0v) is 22.5. The van der Waals surface area contributed by atoms with Gasteiger partial charge in [-0.3, -0.25) is 14.3 Å². The minimum atomic E-state index is -0.532. The predicted octanol–water partition coefficient (Wildman–Crippen LogP) is 1.71. The van der Waals surface area contributed by atoms with Crippen molar-refractivity contribution < 1.29 is 24.2 Å². The number of nitrogens with two attached hydrogens (primary N) is 1. The molecule has 5 N–H and O–H groups in total. The molecule has 0 bridgehead atoms. The molecule has 1 aliphatic rings. The number of aliphatic hydroxyl groups is 1. The number of amides is 2. The molecular weight excluding hydrogens is 535 g/mol. The molecular formula is C25H32Cl2N6O5. The molecule has 2 amide bonds. The van der Waals surface area contributed by atoms with Crippen LogP contribution in [0.25, 0.3) is 22.2 Å². The van der Waals surface area contributed by atoms with E-state index < -0.39 is 6.61 Å². The van der Waals surface area contributed by atoms with Gasteiger partial charge >= 0.3 is 0 Å². The van der Waals surface area contributed by atoms with E-state index in [4.69, 9.17) is 38.4 Å². The number of halogens is 2. The summed E-state index contributed by atoms with van der Waals surface area (Å²) in [4.78, 5) is 29.2. The summed E-state index contributed by atoms with van der Waals surface area (Å²) < 4.78 is 12.3. The van der Waals surface area contributed by atoms with Crippen molar-refractivity contribution in [2.45, 2.75) is 25.9 Å². The van der Waals surface area contributed by atoms with Crippen molar-refractivity contribution in [2.24, 2.45) is 5.73 Å². The van der Waals surface area contributed by atoms with Crippen LogP contribution in [-0.2, 0) is 38.6 Å². The summed E-state index contributed by atoms with van der Waals surface area (Å²) in [6.45, 7) is 3.38. The quantitative estimate of drug-likeness (QED) is 0.230. The van der Waals surface area contributed by atoms with Gasteiger partial charge in [0.15, 0.2) is 0 Å². The van der Waals surface area contributed by atoms with E-state index in [0.29, 0.717) is 86.8 Å². The van der Waals surface area contributed by atoms with Gasteiger partial charge in [-0.2, -0.15) is 5.10 Å². The highest BCUT2D eigenvalue weighted by Gasteiger charge is 2.27. The average Bonchev–Trinajstić information content (AvgIpc) is 3.54. The van der Waals surface area contributed by atoms with Crippen LogP contribution in [0.4, 0.5) is 0 Å². The fourth-order valence-corrected chi connectivity index (χ4v) is 4.85. The maximum Gasteiger partial charge on any atom is 0.248 e. The summed E-state index contributed by atoms with van der Waals surface area (Å²) in [5.74, 6) is -0.423. The number of hydrogen-bond acceptors (Lipinski definition) is 7. The zero-order valence-electron chi connectivity index (χ0n) is 21.0. The number of ether oxygens (including phenoxy) is 2. The third-order valence-corrected chi connectivity index (χ3v) is 7.10. The number of H-pyrrole nitrogens is 1. The SMILES string of the molecule is NCCOCCOCCC(=O)NCCn1ccc(-c2cc(Cl)c(Cl)c3[nH]c4c(c23)CN(C(=O)CO)CC4)n1. The van der Waals surface area contributed by atoms with E-state index in [1.165, 1.54) is 0 Å². The Balaban J connectivity index is 1.40. The molecule has 0 saturated carbocycles. The van der Waals surface area contributed by atoms with Crippen LogP contribution in [0.2, 0.25) is 10.0 Å². The van der Waals surface area contributed by atoms with Crippen molar-refractivity contribution in [3.05, 3.63) is 39.6 Å². The lowest BCUT2D eigenvalue weighted by Gasteiger charge is -2.26. The zero-order chi connectivity index (χ0) is 27.1. The molecule has 3 heterocycles. The molecule has 0 atom stereocenters. The fraction of sp³-hybridized carbons (Fsp3) is 0.480. The van der Waals surface area contributed by atoms with Gasteiger partial charge in [0.05, 0.1) is 54.2 Å². The lowest BCUT2D eigenvalue weighted by Crippen LogP contribution is -2.37. The van der Waals surface area contributed by atoms with E-state index in [1.807, 2.05) is 12.3 Å². The molecule has 0 fully saturated rings. The highest BCUT2D eigenvalue weighted by molar-refractivity contribution is 6.45. The Morgan fingerprint density at radius 2 is 2.00 bits per heavy atom. The van der Waals surface area contributed by atoms with Crippen LogP contribution >= 0.6 is 23.2 Å². The average molecular weight is 567 g/mol. The van der Waals surface area contributed by atoms with Crippen LogP contribution in [0.3, 0.4) is 0 Å². The van der Waals surface area contributed by atoms with Crippen molar-refractivity contribution in [1.82, 2.24) is 25.0 Å². The topological polar surface area (TPSA) is 148 Å². The highest BCUT2D eigenvalue weighted by Crippen LogP contribution is 2.41. The highest BCUT2D eigenvalue weighted by atomic mass is 35.5. The lowest BCUT2D eigenvalue weighted by atomic mass is 9.99. The van der Waals surface area contributed by atoms with Crippen molar-refractivity contribution in [3.8, 4) is 11.3 Å². The summed E-state index contributed by atoms with van der Waals surface area (Å²) in [6, 6.07) is 3.66. The Morgan fingerprint density at radius 1 is 1.21 bits per heavy atom. The van der Waals surface area contributed by atoms with Gasteiger partial charge in [-0.1, -0.05) is 23.2 Å². The van der Waals surface area contributed by atoms with Gasteiger partial charge in [0.1, 0.15) is 6.61 Å². The van der Waals surface area contributed by atoms with Crippen LogP contribution in [0.15, 0.2) is 18.3 Å². The molecule has 0 saturated heterocycles. The van der Waals surface area contributed by atoms with Crippen LogP contribution in [0, 0.1) is 0 Å². The van der Waals surface area contributed by atoms with E-state index in [2.05, 4.69) is 15.4 Å². The number of fused-ring (bicyclic) bond motifs is 3. The van der Waals surface area contributed by atoms with E-state index in [-0.39, 0.29) is 18.2 Å². The molecule has 3 aromatic rings. The Labute approximate surface area is 230 Å². The number of aromatic amines is 1. The first-order chi connectivity index (χ1) is 18.4. The first-order valence-electron chi connectivity index (χ1n) is 12.5. The number of aromatic nitrogens is 3. The minimum absolute atomic E-state index is 0.104.